The lowest BCUT2D eigenvalue weighted by atomic mass is 9.64. The summed E-state index contributed by atoms with van der Waals surface area (Å²) in [5.74, 6) is -11.4. The predicted molar refractivity (Wildman–Crippen MR) is 83.4 cm³/mol. The normalized spacial score (nSPS) is 18.2. The summed E-state index contributed by atoms with van der Waals surface area (Å²) in [5.41, 5.74) is -5.37. The van der Waals surface area contributed by atoms with Crippen LogP contribution in [0.25, 0.3) is 0 Å². The molecule has 0 aromatic heterocycles. The fourth-order valence-electron chi connectivity index (χ4n) is 2.85. The van der Waals surface area contributed by atoms with E-state index in [-0.39, 0.29) is 5.56 Å². The fraction of sp³-hybridized carbons (Fsp3) is 0.118. The summed E-state index contributed by atoms with van der Waals surface area (Å²) in [4.78, 5) is 59.3. The summed E-state index contributed by atoms with van der Waals surface area (Å²) in [6.07, 6.45) is 1.54. The first-order valence-electron chi connectivity index (χ1n) is 7.11. The lowest BCUT2D eigenvalue weighted by Crippen LogP contribution is -2.53. The number of carboxylic acids is 4. The number of ketones is 1. The van der Waals surface area contributed by atoms with E-state index in [4.69, 9.17) is 0 Å². The van der Waals surface area contributed by atoms with Crippen LogP contribution in [0.15, 0.2) is 53.6 Å². The first-order chi connectivity index (χ1) is 12.2. The number of carbonyl (C=O) groups is 5. The molecule has 2 rings (SSSR count). The van der Waals surface area contributed by atoms with Gasteiger partial charge < -0.3 is 20.4 Å². The quantitative estimate of drug-likeness (QED) is 0.421. The van der Waals surface area contributed by atoms with Gasteiger partial charge in [-0.3, -0.25) is 19.2 Å². The summed E-state index contributed by atoms with van der Waals surface area (Å²) in [5, 5.41) is 37.7. The van der Waals surface area contributed by atoms with Gasteiger partial charge in [-0.15, -0.1) is 0 Å². The molecule has 1 aromatic rings. The van der Waals surface area contributed by atoms with E-state index in [1.54, 1.807) is 6.07 Å². The van der Waals surface area contributed by atoms with Crippen molar-refractivity contribution in [2.24, 2.45) is 11.3 Å². The van der Waals surface area contributed by atoms with Crippen molar-refractivity contribution < 1.29 is 44.4 Å². The highest BCUT2D eigenvalue weighted by molar-refractivity contribution is 6.21. The van der Waals surface area contributed by atoms with Gasteiger partial charge in [0.2, 0.25) is 5.41 Å². The molecule has 26 heavy (non-hydrogen) atoms. The maximum atomic E-state index is 12.6. The van der Waals surface area contributed by atoms with Gasteiger partial charge in [-0.05, 0) is 0 Å². The van der Waals surface area contributed by atoms with Crippen LogP contribution in [0.5, 0.6) is 0 Å². The van der Waals surface area contributed by atoms with Gasteiger partial charge in [0.1, 0.15) is 5.92 Å². The van der Waals surface area contributed by atoms with E-state index in [9.17, 15) is 44.4 Å². The molecule has 9 nitrogen and oxygen atoms in total. The van der Waals surface area contributed by atoms with Gasteiger partial charge in [0.25, 0.3) is 0 Å². The van der Waals surface area contributed by atoms with E-state index < -0.39 is 52.1 Å². The van der Waals surface area contributed by atoms with E-state index in [2.05, 4.69) is 0 Å². The Kier molecular flexibility index (Phi) is 4.74. The largest absolute Gasteiger partial charge is 0.481 e. The molecule has 134 valence electrons. The van der Waals surface area contributed by atoms with Gasteiger partial charge >= 0.3 is 23.9 Å². The number of hydrogen-bond acceptors (Lipinski definition) is 5. The Hall–Kier alpha value is -3.75. The third-order valence-electron chi connectivity index (χ3n) is 4.02. The van der Waals surface area contributed by atoms with Gasteiger partial charge in [-0.2, -0.15) is 0 Å². The zero-order valence-electron chi connectivity index (χ0n) is 12.9. The van der Waals surface area contributed by atoms with Gasteiger partial charge in [-0.25, -0.2) is 4.79 Å². The first-order valence-corrected chi connectivity index (χ1v) is 7.11. The summed E-state index contributed by atoms with van der Waals surface area (Å²) in [6.45, 7) is 0. The Labute approximate surface area is 145 Å². The molecule has 1 aliphatic carbocycles. The number of carbonyl (C=O) groups excluding carboxylic acids is 1. The van der Waals surface area contributed by atoms with Crippen LogP contribution >= 0.6 is 0 Å². The van der Waals surface area contributed by atoms with Crippen molar-refractivity contribution in [1.29, 1.82) is 0 Å². The second kappa shape index (κ2) is 6.63. The Morgan fingerprint density at radius 3 is 1.81 bits per heavy atom. The second-order valence-corrected chi connectivity index (χ2v) is 5.38. The van der Waals surface area contributed by atoms with Crippen LogP contribution < -0.4 is 0 Å². The SMILES string of the molecule is O=C(O)C1=C(C(=O)c2ccccc2)C=CC(C(=O)O)C1(C(=O)O)C(=O)O. The van der Waals surface area contributed by atoms with Crippen LogP contribution in [0.1, 0.15) is 10.4 Å². The molecule has 0 heterocycles. The Morgan fingerprint density at radius 2 is 1.38 bits per heavy atom. The topological polar surface area (TPSA) is 166 Å². The number of hydrogen-bond donors (Lipinski definition) is 4. The maximum absolute atomic E-state index is 12.6. The van der Waals surface area contributed by atoms with E-state index in [0.29, 0.717) is 6.08 Å². The molecule has 9 heteroatoms. The minimum Gasteiger partial charge on any atom is -0.481 e. The molecule has 1 aliphatic rings. The molecule has 4 N–H and O–H groups in total. The molecule has 0 aliphatic heterocycles. The summed E-state index contributed by atoms with van der Waals surface area (Å²) in [7, 11) is 0. The summed E-state index contributed by atoms with van der Waals surface area (Å²) < 4.78 is 0. The molecule has 1 atom stereocenters. The molecular formula is C17H12O9. The van der Waals surface area contributed by atoms with Crippen molar-refractivity contribution in [3.05, 3.63) is 59.2 Å². The van der Waals surface area contributed by atoms with Crippen LogP contribution in [0.2, 0.25) is 0 Å². The monoisotopic (exact) mass is 360 g/mol. The van der Waals surface area contributed by atoms with Crippen molar-refractivity contribution in [1.82, 2.24) is 0 Å². The zero-order chi connectivity index (χ0) is 19.6. The lowest BCUT2D eigenvalue weighted by Gasteiger charge is -2.33. The molecule has 0 amide bonds. The standard InChI is InChI=1S/C17H12O9/c18-12(8-4-2-1-3-5-8)9-6-7-10(13(19)20)17(15(23)24,16(25)26)11(9)14(21)22/h1-7,10H,(H,19,20)(H,21,22)(H,23,24)(H,25,26). The molecule has 0 saturated heterocycles. The number of allylic oxidation sites excluding steroid dienone is 2. The van der Waals surface area contributed by atoms with Crippen LogP contribution in [0.4, 0.5) is 0 Å². The molecular weight excluding hydrogens is 348 g/mol. The Morgan fingerprint density at radius 1 is 0.846 bits per heavy atom. The highest BCUT2D eigenvalue weighted by Gasteiger charge is 2.62. The summed E-state index contributed by atoms with van der Waals surface area (Å²) >= 11 is 0. The number of Topliss-reactive ketones (excluding diaryl/α,β-unsaturated/α-hetero) is 1. The molecule has 0 spiro atoms. The van der Waals surface area contributed by atoms with Gasteiger partial charge in [0.15, 0.2) is 5.78 Å². The van der Waals surface area contributed by atoms with Crippen molar-refractivity contribution >= 4 is 29.7 Å². The van der Waals surface area contributed by atoms with E-state index in [1.165, 1.54) is 24.3 Å². The average Bonchev–Trinajstić information content (AvgIpc) is 2.59. The maximum Gasteiger partial charge on any atom is 0.334 e. The van der Waals surface area contributed by atoms with Crippen LogP contribution in [0.3, 0.4) is 0 Å². The van der Waals surface area contributed by atoms with Crippen molar-refractivity contribution in [2.45, 2.75) is 0 Å². The Balaban J connectivity index is 2.87. The Bertz CT molecular complexity index is 863. The number of rotatable bonds is 6. The molecule has 0 radical (unpaired) electrons. The number of carboxylic acid groups (broad SMARTS) is 4. The first kappa shape index (κ1) is 18.6. The van der Waals surface area contributed by atoms with Crippen LogP contribution in [-0.2, 0) is 19.2 Å². The van der Waals surface area contributed by atoms with Gasteiger partial charge in [0.05, 0.1) is 5.57 Å². The van der Waals surface area contributed by atoms with E-state index in [1.807, 2.05) is 0 Å². The van der Waals surface area contributed by atoms with E-state index >= 15 is 0 Å². The molecule has 0 saturated carbocycles. The second-order valence-electron chi connectivity index (χ2n) is 5.38. The van der Waals surface area contributed by atoms with Crippen molar-refractivity contribution in [2.75, 3.05) is 0 Å². The van der Waals surface area contributed by atoms with Crippen LogP contribution in [0, 0.1) is 11.3 Å². The molecule has 0 bridgehead atoms. The number of aliphatic carboxylic acids is 4. The third kappa shape index (κ3) is 2.65. The lowest BCUT2D eigenvalue weighted by molar-refractivity contribution is -0.172. The molecule has 1 aromatic carbocycles. The number of benzene rings is 1. The van der Waals surface area contributed by atoms with Crippen LogP contribution in [-0.4, -0.2) is 50.1 Å². The fourth-order valence-corrected chi connectivity index (χ4v) is 2.85. The van der Waals surface area contributed by atoms with Crippen molar-refractivity contribution in [3.63, 3.8) is 0 Å². The average molecular weight is 360 g/mol. The molecule has 0 fully saturated rings. The smallest absolute Gasteiger partial charge is 0.334 e. The molecule has 1 unspecified atom stereocenters. The van der Waals surface area contributed by atoms with E-state index in [0.717, 1.165) is 6.08 Å². The summed E-state index contributed by atoms with van der Waals surface area (Å²) in [6, 6.07) is 7.19. The minimum absolute atomic E-state index is 0.00986. The van der Waals surface area contributed by atoms with Crippen molar-refractivity contribution in [3.8, 4) is 0 Å². The highest BCUT2D eigenvalue weighted by atomic mass is 16.4. The highest BCUT2D eigenvalue weighted by Crippen LogP contribution is 2.44. The minimum atomic E-state index is -3.35. The predicted octanol–water partition coefficient (Wildman–Crippen LogP) is 0.677. The van der Waals surface area contributed by atoms with Gasteiger partial charge in [-0.1, -0.05) is 42.5 Å². The third-order valence-corrected chi connectivity index (χ3v) is 4.02. The van der Waals surface area contributed by atoms with Gasteiger partial charge in [0, 0.05) is 11.1 Å². The zero-order valence-corrected chi connectivity index (χ0v) is 12.9.